The molecule has 0 heterocycles. The summed E-state index contributed by atoms with van der Waals surface area (Å²) < 4.78 is 36.4. The molecule has 0 aliphatic rings. The van der Waals surface area contributed by atoms with Crippen molar-refractivity contribution in [3.05, 3.63) is 95.1 Å². The van der Waals surface area contributed by atoms with Crippen LogP contribution in [0.25, 0.3) is 0 Å². The van der Waals surface area contributed by atoms with E-state index < -0.39 is 16.0 Å². The van der Waals surface area contributed by atoms with E-state index in [2.05, 4.69) is 16.9 Å². The number of hydrogen-bond donors (Lipinski definition) is 1. The molecule has 0 spiro atoms. The van der Waals surface area contributed by atoms with Crippen LogP contribution in [0.1, 0.15) is 72.5 Å². The standard InChI is InChI=1S/C30H36N2O5S/c1-4-5-6-7-8-9-22-37-27-18-16-25(17-19-27)29(24-12-14-26(15-13-24)30(33)36-3)31-32-38(34,35)28-20-10-23(2)11-21-28/h10-21,32H,4-9,22H2,1-3H3. The van der Waals surface area contributed by atoms with Crippen LogP contribution in [0.5, 0.6) is 5.75 Å². The van der Waals surface area contributed by atoms with Crippen LogP contribution in [0.4, 0.5) is 0 Å². The van der Waals surface area contributed by atoms with Gasteiger partial charge in [-0.3, -0.25) is 0 Å². The quantitative estimate of drug-likeness (QED) is 0.114. The van der Waals surface area contributed by atoms with Gasteiger partial charge in [0.05, 0.1) is 29.9 Å². The fraction of sp³-hybridized carbons (Fsp3) is 0.333. The molecule has 0 aliphatic carbocycles. The zero-order valence-electron chi connectivity index (χ0n) is 22.3. The fourth-order valence-corrected chi connectivity index (χ4v) is 4.65. The molecule has 0 unspecified atom stereocenters. The van der Waals surface area contributed by atoms with Crippen LogP contribution < -0.4 is 9.57 Å². The predicted octanol–water partition coefficient (Wildman–Crippen LogP) is 6.25. The van der Waals surface area contributed by atoms with Crippen molar-refractivity contribution in [2.24, 2.45) is 5.10 Å². The Bertz CT molecular complexity index is 1300. The summed E-state index contributed by atoms with van der Waals surface area (Å²) in [7, 11) is -2.56. The van der Waals surface area contributed by atoms with E-state index in [0.29, 0.717) is 29.0 Å². The van der Waals surface area contributed by atoms with Crippen LogP contribution in [0.3, 0.4) is 0 Å². The number of esters is 1. The number of methoxy groups -OCH3 is 1. The van der Waals surface area contributed by atoms with Crippen molar-refractivity contribution in [3.63, 3.8) is 0 Å². The Labute approximate surface area is 225 Å². The average Bonchev–Trinajstić information content (AvgIpc) is 2.93. The van der Waals surface area contributed by atoms with Crippen LogP contribution in [-0.4, -0.2) is 33.8 Å². The first kappa shape index (κ1) is 28.9. The summed E-state index contributed by atoms with van der Waals surface area (Å²) >= 11 is 0. The highest BCUT2D eigenvalue weighted by atomic mass is 32.2. The van der Waals surface area contributed by atoms with Gasteiger partial charge in [0.1, 0.15) is 5.75 Å². The van der Waals surface area contributed by atoms with Gasteiger partial charge in [0.15, 0.2) is 0 Å². The summed E-state index contributed by atoms with van der Waals surface area (Å²) in [5.74, 6) is 0.282. The maximum atomic E-state index is 12.9. The van der Waals surface area contributed by atoms with E-state index in [4.69, 9.17) is 9.47 Å². The maximum absolute atomic E-state index is 12.9. The van der Waals surface area contributed by atoms with Crippen LogP contribution in [0, 0.1) is 6.92 Å². The SMILES string of the molecule is CCCCCCCCOc1ccc(C(=NNS(=O)(=O)c2ccc(C)cc2)c2ccc(C(=O)OC)cc2)cc1. The minimum absolute atomic E-state index is 0.116. The van der Waals surface area contributed by atoms with E-state index in [0.717, 1.165) is 24.2 Å². The highest BCUT2D eigenvalue weighted by molar-refractivity contribution is 7.89. The number of rotatable bonds is 14. The second-order valence-electron chi connectivity index (χ2n) is 9.08. The molecule has 0 saturated heterocycles. The molecule has 0 amide bonds. The van der Waals surface area contributed by atoms with Crippen molar-refractivity contribution < 1.29 is 22.7 Å². The zero-order chi connectivity index (χ0) is 27.4. The van der Waals surface area contributed by atoms with Crippen molar-refractivity contribution in [1.29, 1.82) is 0 Å². The van der Waals surface area contributed by atoms with E-state index in [1.807, 2.05) is 31.2 Å². The molecule has 3 aromatic carbocycles. The minimum Gasteiger partial charge on any atom is -0.494 e. The van der Waals surface area contributed by atoms with Crippen molar-refractivity contribution in [1.82, 2.24) is 4.83 Å². The van der Waals surface area contributed by atoms with Crippen LogP contribution in [0.2, 0.25) is 0 Å². The molecule has 3 aromatic rings. The largest absolute Gasteiger partial charge is 0.494 e. The van der Waals surface area contributed by atoms with Gasteiger partial charge in [-0.25, -0.2) is 4.79 Å². The number of sulfonamides is 1. The normalized spacial score (nSPS) is 11.7. The molecule has 0 fully saturated rings. The molecule has 0 bridgehead atoms. The number of carbonyl (C=O) groups is 1. The third kappa shape index (κ3) is 8.45. The summed E-state index contributed by atoms with van der Waals surface area (Å²) in [6.45, 7) is 4.75. The summed E-state index contributed by atoms with van der Waals surface area (Å²) in [5, 5.41) is 4.29. The molecule has 0 aromatic heterocycles. The first-order valence-electron chi connectivity index (χ1n) is 12.9. The van der Waals surface area contributed by atoms with Gasteiger partial charge < -0.3 is 9.47 Å². The topological polar surface area (TPSA) is 94.1 Å². The molecule has 0 atom stereocenters. The van der Waals surface area contributed by atoms with Crippen molar-refractivity contribution in [2.75, 3.05) is 13.7 Å². The molecule has 0 saturated carbocycles. The summed E-state index contributed by atoms with van der Waals surface area (Å²) in [6, 6.07) is 20.5. The molecular formula is C30H36N2O5S. The van der Waals surface area contributed by atoms with E-state index >= 15 is 0 Å². The third-order valence-electron chi connectivity index (χ3n) is 6.08. The Hall–Kier alpha value is -3.65. The Kier molecular flexibility index (Phi) is 10.9. The Morgan fingerprint density at radius 3 is 1.95 bits per heavy atom. The van der Waals surface area contributed by atoms with Gasteiger partial charge in [0, 0.05) is 11.1 Å². The smallest absolute Gasteiger partial charge is 0.337 e. The van der Waals surface area contributed by atoms with E-state index in [-0.39, 0.29) is 4.90 Å². The lowest BCUT2D eigenvalue weighted by atomic mass is 10.0. The number of unbranched alkanes of at least 4 members (excludes halogenated alkanes) is 5. The van der Waals surface area contributed by atoms with Crippen molar-refractivity contribution in [3.8, 4) is 5.75 Å². The number of hydrazone groups is 1. The van der Waals surface area contributed by atoms with Crippen molar-refractivity contribution in [2.45, 2.75) is 57.3 Å². The van der Waals surface area contributed by atoms with Gasteiger partial charge >= 0.3 is 5.97 Å². The van der Waals surface area contributed by atoms with E-state index in [9.17, 15) is 13.2 Å². The molecule has 8 heteroatoms. The second-order valence-corrected chi connectivity index (χ2v) is 10.7. The van der Waals surface area contributed by atoms with Crippen molar-refractivity contribution >= 4 is 21.7 Å². The number of carbonyl (C=O) groups excluding carboxylic acids is 1. The number of aryl methyl sites for hydroxylation is 1. The van der Waals surface area contributed by atoms with E-state index in [1.165, 1.54) is 44.9 Å². The van der Waals surface area contributed by atoms with Crippen LogP contribution in [-0.2, 0) is 14.8 Å². The Balaban J connectivity index is 1.79. The van der Waals surface area contributed by atoms with Gasteiger partial charge in [0.2, 0.25) is 0 Å². The number of ether oxygens (including phenoxy) is 2. The molecular weight excluding hydrogens is 500 g/mol. The highest BCUT2D eigenvalue weighted by Gasteiger charge is 2.15. The summed E-state index contributed by atoms with van der Waals surface area (Å²) in [6.07, 6.45) is 7.16. The molecule has 202 valence electrons. The lowest BCUT2D eigenvalue weighted by Crippen LogP contribution is -2.21. The van der Waals surface area contributed by atoms with Crippen LogP contribution >= 0.6 is 0 Å². The molecule has 0 aliphatic heterocycles. The predicted molar refractivity (Wildman–Crippen MR) is 150 cm³/mol. The number of benzene rings is 3. The molecule has 38 heavy (non-hydrogen) atoms. The van der Waals surface area contributed by atoms with Crippen LogP contribution in [0.15, 0.2) is 82.8 Å². The van der Waals surface area contributed by atoms with Gasteiger partial charge in [-0.05, 0) is 61.9 Å². The summed E-state index contributed by atoms with van der Waals surface area (Å²) in [4.78, 5) is 14.3. The molecule has 1 N–H and O–H groups in total. The maximum Gasteiger partial charge on any atom is 0.337 e. The summed E-state index contributed by atoms with van der Waals surface area (Å²) in [5.41, 5.74) is 3.06. The molecule has 3 rings (SSSR count). The first-order valence-corrected chi connectivity index (χ1v) is 14.4. The molecule has 0 radical (unpaired) electrons. The van der Waals surface area contributed by atoms with Gasteiger partial charge in [0.25, 0.3) is 10.0 Å². The third-order valence-corrected chi connectivity index (χ3v) is 7.31. The monoisotopic (exact) mass is 536 g/mol. The van der Waals surface area contributed by atoms with Gasteiger partial charge in [-0.2, -0.15) is 18.4 Å². The Morgan fingerprint density at radius 1 is 0.789 bits per heavy atom. The first-order chi connectivity index (χ1) is 18.3. The average molecular weight is 537 g/mol. The molecule has 7 nitrogen and oxygen atoms in total. The minimum atomic E-state index is -3.88. The number of nitrogens with one attached hydrogen (secondary N) is 1. The lowest BCUT2D eigenvalue weighted by molar-refractivity contribution is 0.0600. The lowest BCUT2D eigenvalue weighted by Gasteiger charge is -2.11. The second kappa shape index (κ2) is 14.3. The number of hydrogen-bond acceptors (Lipinski definition) is 6. The Morgan fingerprint density at radius 2 is 1.34 bits per heavy atom. The van der Waals surface area contributed by atoms with Gasteiger partial charge in [-0.1, -0.05) is 68.9 Å². The highest BCUT2D eigenvalue weighted by Crippen LogP contribution is 2.19. The zero-order valence-corrected chi connectivity index (χ0v) is 23.1. The number of nitrogens with zero attached hydrogens (tertiary/aromatic N) is 1. The fourth-order valence-electron chi connectivity index (χ4n) is 3.84. The van der Waals surface area contributed by atoms with Gasteiger partial charge in [-0.15, -0.1) is 0 Å². The van der Waals surface area contributed by atoms with E-state index in [1.54, 1.807) is 36.4 Å².